The van der Waals surface area contributed by atoms with Crippen LogP contribution in [0, 0.1) is 0 Å². The molecule has 91 valence electrons. The molecule has 0 unspecified atom stereocenters. The Morgan fingerprint density at radius 2 is 1.00 bits per heavy atom. The minimum Gasteiger partial charge on any atom is -0.480 e. The van der Waals surface area contributed by atoms with Crippen LogP contribution in [-0.2, 0) is 26.7 Å². The van der Waals surface area contributed by atoms with E-state index < -0.39 is 11.9 Å². The molecule has 0 saturated carbocycles. The van der Waals surface area contributed by atoms with E-state index in [9.17, 15) is 9.59 Å². The van der Waals surface area contributed by atoms with E-state index in [1.807, 2.05) is 0 Å². The van der Waals surface area contributed by atoms with E-state index in [0.717, 1.165) is 0 Å². The Kier molecular flexibility index (Phi) is 78.4. The van der Waals surface area contributed by atoms with E-state index in [0.29, 0.717) is 0 Å². The molecule has 0 spiro atoms. The summed E-state index contributed by atoms with van der Waals surface area (Å²) in [5, 5.41) is 15.2. The number of carboxylic acids is 2. The van der Waals surface area contributed by atoms with Crippen molar-refractivity contribution in [2.75, 3.05) is 13.1 Å². The van der Waals surface area contributed by atoms with Gasteiger partial charge in [-0.1, -0.05) is 0 Å². The van der Waals surface area contributed by atoms with Crippen LogP contribution in [0.15, 0.2) is 0 Å². The number of hydrogen-bond acceptors (Lipinski definition) is 4. The molecule has 0 fully saturated rings. The number of nitrogens with two attached hydrogens (primary N) is 2. The topological polar surface area (TPSA) is 190 Å². The third-order valence-electron chi connectivity index (χ3n) is 0.349. The molecule has 0 aromatic heterocycles. The summed E-state index contributed by atoms with van der Waals surface area (Å²) in [4.78, 5) is 18.5. The molecule has 0 aliphatic rings. The van der Waals surface area contributed by atoms with Crippen molar-refractivity contribution in [2.24, 2.45) is 11.5 Å². The Bertz CT molecular complexity index is 112. The molecule has 0 aliphatic carbocycles. The average Bonchev–Trinajstić information content (AvgIpc) is 1.89. The molecule has 14 heavy (non-hydrogen) atoms. The second kappa shape index (κ2) is 29.4. The fraction of sp³-hybridized carbons (Fsp3) is 0.500. The first kappa shape index (κ1) is 37.4. The van der Waals surface area contributed by atoms with Gasteiger partial charge >= 0.3 is 11.9 Å². The van der Waals surface area contributed by atoms with Gasteiger partial charge in [0.1, 0.15) is 0 Å². The van der Waals surface area contributed by atoms with Gasteiger partial charge < -0.3 is 32.6 Å². The Hall–Kier alpha value is -0.411. The first-order chi connectivity index (χ1) is 4.54. The van der Waals surface area contributed by atoms with Crippen molar-refractivity contribution in [1.29, 1.82) is 0 Å². The SMILES string of the molecule is Cl.NCC(=O)O.NCC(=O)O.O.O.[Mn]. The largest absolute Gasteiger partial charge is 0.480 e. The molecule has 0 heterocycles. The van der Waals surface area contributed by atoms with Crippen LogP contribution >= 0.6 is 12.4 Å². The first-order valence-electron chi connectivity index (χ1n) is 2.38. The van der Waals surface area contributed by atoms with Gasteiger partial charge in [-0.25, -0.2) is 0 Å². The Morgan fingerprint density at radius 3 is 1.00 bits per heavy atom. The van der Waals surface area contributed by atoms with Crippen molar-refractivity contribution in [3.05, 3.63) is 0 Å². The summed E-state index contributed by atoms with van der Waals surface area (Å²) >= 11 is 0. The van der Waals surface area contributed by atoms with Crippen molar-refractivity contribution >= 4 is 24.3 Å². The molecule has 0 aliphatic heterocycles. The van der Waals surface area contributed by atoms with Crippen molar-refractivity contribution in [3.63, 3.8) is 0 Å². The van der Waals surface area contributed by atoms with Gasteiger partial charge in [0.25, 0.3) is 0 Å². The van der Waals surface area contributed by atoms with Crippen molar-refractivity contribution in [3.8, 4) is 0 Å². The third kappa shape index (κ3) is 101. The predicted octanol–water partition coefficient (Wildman–Crippen LogP) is -3.17. The van der Waals surface area contributed by atoms with Crippen LogP contribution in [0.5, 0.6) is 0 Å². The minimum absolute atomic E-state index is 0. The maximum atomic E-state index is 9.24. The van der Waals surface area contributed by atoms with Gasteiger partial charge in [0.2, 0.25) is 0 Å². The summed E-state index contributed by atoms with van der Waals surface area (Å²) in [6.07, 6.45) is 0. The number of hydrogen-bond donors (Lipinski definition) is 4. The predicted molar refractivity (Wildman–Crippen MR) is 47.9 cm³/mol. The number of aliphatic carboxylic acids is 2. The van der Waals surface area contributed by atoms with Gasteiger partial charge in [-0.2, -0.15) is 0 Å². The molecule has 0 atom stereocenters. The van der Waals surface area contributed by atoms with Gasteiger partial charge in [0.15, 0.2) is 0 Å². The number of halogens is 1. The van der Waals surface area contributed by atoms with E-state index in [2.05, 4.69) is 11.5 Å². The Balaban J connectivity index is -0.0000000178. The summed E-state index contributed by atoms with van der Waals surface area (Å²) in [5.74, 6) is -1.94. The number of carboxylic acid groups (broad SMARTS) is 2. The van der Waals surface area contributed by atoms with Crippen LogP contribution in [-0.4, -0.2) is 46.2 Å². The quantitative estimate of drug-likeness (QED) is 0.385. The van der Waals surface area contributed by atoms with Crippen LogP contribution in [0.3, 0.4) is 0 Å². The van der Waals surface area contributed by atoms with Crippen molar-refractivity contribution < 1.29 is 47.8 Å². The summed E-state index contributed by atoms with van der Waals surface area (Å²) in [5.41, 5.74) is 9.14. The molecule has 0 saturated heterocycles. The minimum atomic E-state index is -0.968. The van der Waals surface area contributed by atoms with Gasteiger partial charge in [-0.15, -0.1) is 12.4 Å². The summed E-state index contributed by atoms with van der Waals surface area (Å²) < 4.78 is 0. The fourth-order valence-corrected chi connectivity index (χ4v) is 0. The van der Waals surface area contributed by atoms with E-state index in [1.54, 1.807) is 0 Å². The molecule has 8 nitrogen and oxygen atoms in total. The maximum absolute atomic E-state index is 9.24. The number of carbonyl (C=O) groups is 2. The first-order valence-corrected chi connectivity index (χ1v) is 2.38. The Labute approximate surface area is 97.1 Å². The second-order valence-electron chi connectivity index (χ2n) is 1.20. The zero-order valence-corrected chi connectivity index (χ0v) is 9.06. The standard InChI is InChI=1S/2C2H5NO2.ClH.Mn.2H2O/c2*3-1-2(4)5;;;;/h2*1,3H2,(H,4,5);1H;;2*1H2. The average molecular weight is 278 g/mol. The van der Waals surface area contributed by atoms with Gasteiger partial charge in [-0.3, -0.25) is 9.59 Å². The van der Waals surface area contributed by atoms with Crippen LogP contribution in [0.25, 0.3) is 0 Å². The van der Waals surface area contributed by atoms with Crippen molar-refractivity contribution in [2.45, 2.75) is 0 Å². The molecule has 10 N–H and O–H groups in total. The van der Waals surface area contributed by atoms with Crippen molar-refractivity contribution in [1.82, 2.24) is 0 Å². The van der Waals surface area contributed by atoms with E-state index in [-0.39, 0.29) is 53.5 Å². The summed E-state index contributed by atoms with van der Waals surface area (Å²) in [6.45, 7) is -0.556. The van der Waals surface area contributed by atoms with Crippen LogP contribution < -0.4 is 11.5 Å². The normalized spacial score (nSPS) is 5.29. The smallest absolute Gasteiger partial charge is 0.317 e. The molecule has 0 amide bonds. The monoisotopic (exact) mass is 277 g/mol. The molecule has 10 heteroatoms. The van der Waals surface area contributed by atoms with E-state index >= 15 is 0 Å². The molecular formula is C4H15ClMnN2O6. The molecule has 0 bridgehead atoms. The van der Waals surface area contributed by atoms with E-state index in [4.69, 9.17) is 10.2 Å². The third-order valence-corrected chi connectivity index (χ3v) is 0.349. The number of rotatable bonds is 2. The molecule has 0 aromatic carbocycles. The molecule has 0 rings (SSSR count). The van der Waals surface area contributed by atoms with Gasteiger partial charge in [0, 0.05) is 17.1 Å². The molecular weight excluding hydrogens is 262 g/mol. The fourth-order valence-electron chi connectivity index (χ4n) is 0. The zero-order chi connectivity index (χ0) is 8.57. The van der Waals surface area contributed by atoms with Crippen LogP contribution in [0.2, 0.25) is 0 Å². The van der Waals surface area contributed by atoms with Crippen LogP contribution in [0.4, 0.5) is 0 Å². The summed E-state index contributed by atoms with van der Waals surface area (Å²) in [7, 11) is 0. The van der Waals surface area contributed by atoms with Gasteiger partial charge in [0.05, 0.1) is 13.1 Å². The summed E-state index contributed by atoms with van der Waals surface area (Å²) in [6, 6.07) is 0. The maximum Gasteiger partial charge on any atom is 0.317 e. The molecule has 0 aromatic rings. The van der Waals surface area contributed by atoms with Crippen LogP contribution in [0.1, 0.15) is 0 Å². The van der Waals surface area contributed by atoms with E-state index in [1.165, 1.54) is 0 Å². The zero-order valence-electron chi connectivity index (χ0n) is 7.07. The second-order valence-corrected chi connectivity index (χ2v) is 1.20. The van der Waals surface area contributed by atoms with Gasteiger partial charge in [-0.05, 0) is 0 Å². The molecule has 1 radical (unpaired) electrons. The Morgan fingerprint density at radius 1 is 0.929 bits per heavy atom.